The average Bonchev–Trinajstić information content (AvgIpc) is 3.10. The lowest BCUT2D eigenvalue weighted by Crippen LogP contribution is -2.54. The van der Waals surface area contributed by atoms with Crippen molar-refractivity contribution in [3.63, 3.8) is 0 Å². The topological polar surface area (TPSA) is 89.8 Å². The van der Waals surface area contributed by atoms with Crippen molar-refractivity contribution in [3.8, 4) is 0 Å². The van der Waals surface area contributed by atoms with Crippen molar-refractivity contribution in [1.82, 2.24) is 5.32 Å². The fourth-order valence-electron chi connectivity index (χ4n) is 7.61. The number of carbonyl (C=O) groups excluding carboxylic acids is 1. The van der Waals surface area contributed by atoms with Crippen LogP contribution in [0.2, 0.25) is 0 Å². The Labute approximate surface area is 195 Å². The summed E-state index contributed by atoms with van der Waals surface area (Å²) in [7, 11) is 1.68. The van der Waals surface area contributed by atoms with Gasteiger partial charge in [-0.15, -0.1) is 0 Å². The zero-order valence-corrected chi connectivity index (χ0v) is 20.8. The second-order valence-electron chi connectivity index (χ2n) is 11.2. The summed E-state index contributed by atoms with van der Waals surface area (Å²) in [4.78, 5) is 11.6. The predicted molar refractivity (Wildman–Crippen MR) is 128 cm³/mol. The first-order chi connectivity index (χ1) is 15.2. The van der Waals surface area contributed by atoms with E-state index in [0.717, 1.165) is 70.6 Å². The number of carbonyl (C=O) groups is 1. The highest BCUT2D eigenvalue weighted by molar-refractivity contribution is 5.75. The smallest absolute Gasteiger partial charge is 0.219 e. The van der Waals surface area contributed by atoms with Crippen LogP contribution in [-0.2, 0) is 4.79 Å². The van der Waals surface area contributed by atoms with Gasteiger partial charge in [-0.1, -0.05) is 37.8 Å². The zero-order chi connectivity index (χ0) is 23.5. The third kappa shape index (κ3) is 5.26. The minimum atomic E-state index is -0.379. The molecule has 3 fully saturated rings. The van der Waals surface area contributed by atoms with E-state index < -0.39 is 0 Å². The van der Waals surface area contributed by atoms with Gasteiger partial charge in [-0.05, 0) is 88.4 Å². The van der Waals surface area contributed by atoms with Crippen LogP contribution in [0.15, 0.2) is 11.1 Å². The van der Waals surface area contributed by atoms with Crippen molar-refractivity contribution in [3.05, 3.63) is 11.1 Å². The Morgan fingerprint density at radius 2 is 1.94 bits per heavy atom. The Hall–Kier alpha value is -0.910. The highest BCUT2D eigenvalue weighted by atomic mass is 16.3. The molecule has 32 heavy (non-hydrogen) atoms. The molecule has 0 aromatic rings. The molecular weight excluding hydrogens is 402 g/mol. The van der Waals surface area contributed by atoms with E-state index in [0.29, 0.717) is 24.2 Å². The Morgan fingerprint density at radius 3 is 2.62 bits per heavy atom. The third-order valence-electron chi connectivity index (χ3n) is 9.25. The fraction of sp³-hybridized carbons (Fsp3) is 0.889. The molecule has 0 heterocycles. The fourth-order valence-corrected chi connectivity index (χ4v) is 7.61. The van der Waals surface area contributed by atoms with Gasteiger partial charge in [0.05, 0.1) is 18.3 Å². The summed E-state index contributed by atoms with van der Waals surface area (Å²) in [6.45, 7) is 6.56. The van der Waals surface area contributed by atoms with Crippen LogP contribution in [0.5, 0.6) is 0 Å². The molecule has 3 aliphatic rings. The highest BCUT2D eigenvalue weighted by Crippen LogP contribution is 2.62. The molecule has 4 N–H and O–H groups in total. The standard InChI is InChI=1S/C27H47NO4/c1-5-6-9-20(29)14-18-13-19-16-24(31)27(3)21(17(2)8-7-10-25(32)28-4)11-12-22(27)26(19)23(30)15-18/h18-20,22-24,26,29-31H,5-16H2,1-4H3,(H,28,32)/b21-17+. The van der Waals surface area contributed by atoms with Crippen LogP contribution >= 0.6 is 0 Å². The molecule has 1 amide bonds. The van der Waals surface area contributed by atoms with Crippen molar-refractivity contribution >= 4 is 5.91 Å². The van der Waals surface area contributed by atoms with E-state index in [4.69, 9.17) is 0 Å². The quantitative estimate of drug-likeness (QED) is 0.394. The van der Waals surface area contributed by atoms with E-state index >= 15 is 0 Å². The van der Waals surface area contributed by atoms with Crippen LogP contribution in [-0.4, -0.2) is 46.6 Å². The van der Waals surface area contributed by atoms with Crippen LogP contribution in [0.1, 0.15) is 97.8 Å². The largest absolute Gasteiger partial charge is 0.393 e. The van der Waals surface area contributed by atoms with E-state index in [2.05, 4.69) is 26.1 Å². The first kappa shape index (κ1) is 25.7. The van der Waals surface area contributed by atoms with Crippen molar-refractivity contribution in [2.75, 3.05) is 7.05 Å². The Kier molecular flexibility index (Phi) is 8.85. The molecule has 3 saturated carbocycles. The molecule has 0 spiro atoms. The van der Waals surface area contributed by atoms with Crippen LogP contribution in [0, 0.1) is 29.1 Å². The molecule has 3 rings (SSSR count). The van der Waals surface area contributed by atoms with Gasteiger partial charge in [0.2, 0.25) is 5.91 Å². The molecule has 3 aliphatic carbocycles. The summed E-state index contributed by atoms with van der Waals surface area (Å²) in [5.74, 6) is 1.36. The maximum Gasteiger partial charge on any atom is 0.219 e. The first-order valence-corrected chi connectivity index (χ1v) is 13.2. The summed E-state index contributed by atoms with van der Waals surface area (Å²) in [5, 5.41) is 35.7. The lowest BCUT2D eigenvalue weighted by atomic mass is 9.52. The van der Waals surface area contributed by atoms with Crippen molar-refractivity contribution in [2.24, 2.45) is 29.1 Å². The number of unbranched alkanes of at least 4 members (excludes halogenated alkanes) is 1. The summed E-state index contributed by atoms with van der Waals surface area (Å²) < 4.78 is 0. The minimum absolute atomic E-state index is 0.0820. The second-order valence-corrected chi connectivity index (χ2v) is 11.2. The van der Waals surface area contributed by atoms with Gasteiger partial charge < -0.3 is 20.6 Å². The Morgan fingerprint density at radius 1 is 1.19 bits per heavy atom. The monoisotopic (exact) mass is 449 g/mol. The summed E-state index contributed by atoms with van der Waals surface area (Å²) in [6.07, 6.45) is 9.70. The van der Waals surface area contributed by atoms with Gasteiger partial charge in [0.25, 0.3) is 0 Å². The van der Waals surface area contributed by atoms with Crippen LogP contribution in [0.25, 0.3) is 0 Å². The number of hydrogen-bond acceptors (Lipinski definition) is 4. The summed E-state index contributed by atoms with van der Waals surface area (Å²) in [5.41, 5.74) is 2.46. The van der Waals surface area contributed by atoms with E-state index in [-0.39, 0.29) is 35.6 Å². The summed E-state index contributed by atoms with van der Waals surface area (Å²) >= 11 is 0. The van der Waals surface area contributed by atoms with Gasteiger partial charge in [0.1, 0.15) is 0 Å². The zero-order valence-electron chi connectivity index (χ0n) is 20.8. The molecule has 8 unspecified atom stereocenters. The predicted octanol–water partition coefficient (Wildman–Crippen LogP) is 4.34. The third-order valence-corrected chi connectivity index (χ3v) is 9.25. The summed E-state index contributed by atoms with van der Waals surface area (Å²) in [6, 6.07) is 0. The molecule has 5 nitrogen and oxygen atoms in total. The lowest BCUT2D eigenvalue weighted by molar-refractivity contribution is -0.127. The van der Waals surface area contributed by atoms with Gasteiger partial charge in [-0.3, -0.25) is 4.79 Å². The minimum Gasteiger partial charge on any atom is -0.393 e. The molecule has 0 aliphatic heterocycles. The van der Waals surface area contributed by atoms with Crippen molar-refractivity contribution in [2.45, 2.75) is 116 Å². The average molecular weight is 450 g/mol. The first-order valence-electron chi connectivity index (χ1n) is 13.2. The molecule has 0 radical (unpaired) electrons. The molecule has 0 aromatic carbocycles. The van der Waals surface area contributed by atoms with Crippen LogP contribution in [0.3, 0.4) is 0 Å². The maximum atomic E-state index is 11.6. The van der Waals surface area contributed by atoms with Crippen molar-refractivity contribution < 1.29 is 20.1 Å². The second kappa shape index (κ2) is 11.0. The van der Waals surface area contributed by atoms with Gasteiger partial charge in [-0.2, -0.15) is 0 Å². The highest BCUT2D eigenvalue weighted by Gasteiger charge is 2.59. The van der Waals surface area contributed by atoms with Crippen molar-refractivity contribution in [1.29, 1.82) is 0 Å². The molecule has 184 valence electrons. The SMILES string of the molecule is CCCCC(O)CC1CC(O)C2C(C1)CC(O)C1(C)/C(=C(\C)CCCC(=O)NC)CCC21. The maximum absolute atomic E-state index is 11.6. The van der Waals surface area contributed by atoms with Crippen LogP contribution in [0.4, 0.5) is 0 Å². The molecule has 5 heteroatoms. The number of fused-ring (bicyclic) bond motifs is 3. The number of aliphatic hydroxyl groups is 3. The molecule has 0 aromatic heterocycles. The molecular formula is C27H47NO4. The number of aliphatic hydroxyl groups excluding tert-OH is 3. The number of amides is 1. The lowest BCUT2D eigenvalue weighted by Gasteiger charge is -2.54. The van der Waals surface area contributed by atoms with Gasteiger partial charge in [0.15, 0.2) is 0 Å². The molecule has 8 atom stereocenters. The van der Waals surface area contributed by atoms with E-state index in [1.807, 2.05) is 0 Å². The Balaban J connectivity index is 1.69. The molecule has 0 bridgehead atoms. The van der Waals surface area contributed by atoms with E-state index in [1.54, 1.807) is 7.05 Å². The number of nitrogens with one attached hydrogen (secondary N) is 1. The van der Waals surface area contributed by atoms with Crippen LogP contribution < -0.4 is 5.32 Å². The normalized spacial score (nSPS) is 39.2. The molecule has 0 saturated heterocycles. The number of hydrogen-bond donors (Lipinski definition) is 4. The number of allylic oxidation sites excluding steroid dienone is 1. The van der Waals surface area contributed by atoms with E-state index in [9.17, 15) is 20.1 Å². The van der Waals surface area contributed by atoms with Gasteiger partial charge in [-0.25, -0.2) is 0 Å². The van der Waals surface area contributed by atoms with Gasteiger partial charge in [0, 0.05) is 18.9 Å². The van der Waals surface area contributed by atoms with Gasteiger partial charge >= 0.3 is 0 Å². The Bertz CT molecular complexity index is 677. The number of rotatable bonds is 9. The van der Waals surface area contributed by atoms with E-state index in [1.165, 1.54) is 11.1 Å².